The standard InChI is InChI=1S/C32H23N5O2S/c1-19(38)29-9-10-30(40-29)24-11-12-34-32-25(24)15-28(35-32)31-26-14-21(7-8-27(26)36-37-31)22-13-23(17-33-16-22)39-18-20-5-3-2-4-6-20/h2-17H,18H2,1H3,(H,34,35)(H,36,37). The number of hydrogen-bond donors (Lipinski definition) is 2. The first-order chi connectivity index (χ1) is 19.6. The van der Waals surface area contributed by atoms with Crippen molar-refractivity contribution in [2.24, 2.45) is 0 Å². The molecule has 0 aliphatic rings. The van der Waals surface area contributed by atoms with Gasteiger partial charge in [-0.25, -0.2) is 4.98 Å². The smallest absolute Gasteiger partial charge is 0.169 e. The topological polar surface area (TPSA) is 96.6 Å². The highest BCUT2D eigenvalue weighted by molar-refractivity contribution is 7.17. The van der Waals surface area contributed by atoms with Gasteiger partial charge in [-0.15, -0.1) is 11.3 Å². The molecule has 194 valence electrons. The van der Waals surface area contributed by atoms with Crippen LogP contribution >= 0.6 is 11.3 Å². The lowest BCUT2D eigenvalue weighted by molar-refractivity contribution is 0.102. The molecule has 0 bridgehead atoms. The van der Waals surface area contributed by atoms with E-state index < -0.39 is 0 Å². The Labute approximate surface area is 233 Å². The van der Waals surface area contributed by atoms with E-state index in [9.17, 15) is 4.79 Å². The summed E-state index contributed by atoms with van der Waals surface area (Å²) >= 11 is 1.49. The lowest BCUT2D eigenvalue weighted by Crippen LogP contribution is -1.95. The van der Waals surface area contributed by atoms with E-state index in [2.05, 4.69) is 43.3 Å². The van der Waals surface area contributed by atoms with Gasteiger partial charge in [0.15, 0.2) is 5.78 Å². The van der Waals surface area contributed by atoms with E-state index in [1.165, 1.54) is 11.3 Å². The number of Topliss-reactive ketones (excluding diaryl/α,β-unsaturated/α-hetero) is 1. The highest BCUT2D eigenvalue weighted by Crippen LogP contribution is 2.37. The zero-order valence-corrected chi connectivity index (χ0v) is 22.3. The summed E-state index contributed by atoms with van der Waals surface area (Å²) in [4.78, 5) is 26.0. The molecule has 7 aromatic rings. The zero-order valence-electron chi connectivity index (χ0n) is 21.5. The fourth-order valence-electron chi connectivity index (χ4n) is 4.84. The first kappa shape index (κ1) is 24.0. The number of carbonyl (C=O) groups is 1. The number of fused-ring (bicyclic) bond motifs is 2. The van der Waals surface area contributed by atoms with Gasteiger partial charge in [0.05, 0.1) is 22.3 Å². The number of aromatic amines is 2. The minimum atomic E-state index is 0.0681. The van der Waals surface area contributed by atoms with Crippen molar-refractivity contribution in [1.29, 1.82) is 0 Å². The highest BCUT2D eigenvalue weighted by Gasteiger charge is 2.16. The number of aromatic nitrogens is 5. The molecule has 0 fully saturated rings. The number of thiophene rings is 1. The quantitative estimate of drug-likeness (QED) is 0.202. The number of pyridine rings is 2. The van der Waals surface area contributed by atoms with Crippen LogP contribution in [0.2, 0.25) is 0 Å². The number of nitrogens with one attached hydrogen (secondary N) is 2. The van der Waals surface area contributed by atoms with Gasteiger partial charge < -0.3 is 9.72 Å². The molecule has 0 saturated carbocycles. The van der Waals surface area contributed by atoms with E-state index in [1.807, 2.05) is 66.9 Å². The molecule has 5 heterocycles. The van der Waals surface area contributed by atoms with Crippen LogP contribution in [0.15, 0.2) is 97.5 Å². The van der Waals surface area contributed by atoms with Gasteiger partial charge in [0.25, 0.3) is 0 Å². The lowest BCUT2D eigenvalue weighted by Gasteiger charge is -2.08. The number of nitrogens with zero attached hydrogens (tertiary/aromatic N) is 3. The molecule has 0 aliphatic heterocycles. The predicted molar refractivity (Wildman–Crippen MR) is 159 cm³/mol. The molecule has 0 unspecified atom stereocenters. The summed E-state index contributed by atoms with van der Waals surface area (Å²) in [5.41, 5.74) is 7.47. The summed E-state index contributed by atoms with van der Waals surface area (Å²) < 4.78 is 6.00. The monoisotopic (exact) mass is 541 g/mol. The second-order valence-corrected chi connectivity index (χ2v) is 10.6. The molecule has 5 aromatic heterocycles. The number of carbonyl (C=O) groups excluding carboxylic acids is 1. The van der Waals surface area contributed by atoms with Gasteiger partial charge in [0.2, 0.25) is 0 Å². The minimum Gasteiger partial charge on any atom is -0.487 e. The average Bonchev–Trinajstić information content (AvgIpc) is 3.74. The summed E-state index contributed by atoms with van der Waals surface area (Å²) in [6, 6.07) is 26.2. The van der Waals surface area contributed by atoms with Crippen molar-refractivity contribution in [3.8, 4) is 38.7 Å². The fourth-order valence-corrected chi connectivity index (χ4v) is 5.78. The van der Waals surface area contributed by atoms with Crippen molar-refractivity contribution < 1.29 is 9.53 Å². The number of ketones is 1. The van der Waals surface area contributed by atoms with Gasteiger partial charge in [0, 0.05) is 39.2 Å². The van der Waals surface area contributed by atoms with Crippen molar-refractivity contribution >= 4 is 39.1 Å². The van der Waals surface area contributed by atoms with E-state index in [0.717, 1.165) is 65.3 Å². The maximum Gasteiger partial charge on any atom is 0.169 e. The predicted octanol–water partition coefficient (Wildman–Crippen LogP) is 7.68. The minimum absolute atomic E-state index is 0.0681. The number of rotatable bonds is 7. The molecule has 0 amide bonds. The maximum absolute atomic E-state index is 11.8. The van der Waals surface area contributed by atoms with Crippen molar-refractivity contribution in [2.75, 3.05) is 0 Å². The molecular weight excluding hydrogens is 518 g/mol. The van der Waals surface area contributed by atoms with Gasteiger partial charge >= 0.3 is 0 Å². The van der Waals surface area contributed by atoms with Gasteiger partial charge in [0.1, 0.15) is 23.7 Å². The molecule has 0 aliphatic carbocycles. The number of H-pyrrole nitrogens is 2. The second-order valence-electron chi connectivity index (χ2n) is 9.54. The van der Waals surface area contributed by atoms with E-state index in [4.69, 9.17) is 4.74 Å². The molecular formula is C32H23N5O2S. The first-order valence-corrected chi connectivity index (χ1v) is 13.6. The van der Waals surface area contributed by atoms with Gasteiger partial charge in [-0.3, -0.25) is 14.9 Å². The van der Waals surface area contributed by atoms with Gasteiger partial charge in [-0.1, -0.05) is 36.4 Å². The molecule has 0 spiro atoms. The fraction of sp³-hybridized carbons (Fsp3) is 0.0625. The normalized spacial score (nSPS) is 11.3. The van der Waals surface area contributed by atoms with E-state index in [1.54, 1.807) is 19.3 Å². The Balaban J connectivity index is 1.23. The maximum atomic E-state index is 11.8. The van der Waals surface area contributed by atoms with Crippen LogP contribution in [0.5, 0.6) is 5.75 Å². The Hall–Kier alpha value is -5.08. The van der Waals surface area contributed by atoms with Crippen LogP contribution in [0.3, 0.4) is 0 Å². The van der Waals surface area contributed by atoms with Crippen LogP contribution < -0.4 is 4.74 Å². The molecule has 2 N–H and O–H groups in total. The third kappa shape index (κ3) is 4.44. The Bertz CT molecular complexity index is 2000. The molecule has 40 heavy (non-hydrogen) atoms. The first-order valence-electron chi connectivity index (χ1n) is 12.8. The molecule has 0 radical (unpaired) electrons. The van der Waals surface area contributed by atoms with Crippen LogP contribution in [-0.4, -0.2) is 30.9 Å². The number of benzene rings is 2. The highest BCUT2D eigenvalue weighted by atomic mass is 32.1. The third-order valence-electron chi connectivity index (χ3n) is 6.86. The van der Waals surface area contributed by atoms with E-state index >= 15 is 0 Å². The molecule has 0 saturated heterocycles. The van der Waals surface area contributed by atoms with E-state index in [0.29, 0.717) is 12.4 Å². The average molecular weight is 542 g/mol. The largest absolute Gasteiger partial charge is 0.487 e. The molecule has 7 nitrogen and oxygen atoms in total. The van der Waals surface area contributed by atoms with Crippen molar-refractivity contribution in [2.45, 2.75) is 13.5 Å². The van der Waals surface area contributed by atoms with Crippen LogP contribution in [-0.2, 0) is 6.61 Å². The van der Waals surface area contributed by atoms with Crippen molar-refractivity contribution in [3.63, 3.8) is 0 Å². The number of hydrogen-bond acceptors (Lipinski definition) is 6. The summed E-state index contributed by atoms with van der Waals surface area (Å²) in [7, 11) is 0. The second kappa shape index (κ2) is 9.91. The van der Waals surface area contributed by atoms with Crippen LogP contribution in [0.25, 0.3) is 54.9 Å². The summed E-state index contributed by atoms with van der Waals surface area (Å²) in [6.07, 6.45) is 5.35. The Kier molecular flexibility index (Phi) is 5.94. The summed E-state index contributed by atoms with van der Waals surface area (Å²) in [5.74, 6) is 0.781. The summed E-state index contributed by atoms with van der Waals surface area (Å²) in [6.45, 7) is 2.07. The van der Waals surface area contributed by atoms with Crippen LogP contribution in [0.4, 0.5) is 0 Å². The number of ether oxygens (including phenoxy) is 1. The van der Waals surface area contributed by atoms with Crippen LogP contribution in [0.1, 0.15) is 22.2 Å². The van der Waals surface area contributed by atoms with E-state index in [-0.39, 0.29) is 5.78 Å². The third-order valence-corrected chi connectivity index (χ3v) is 8.08. The summed E-state index contributed by atoms with van der Waals surface area (Å²) in [5, 5.41) is 9.76. The molecule has 2 aromatic carbocycles. The van der Waals surface area contributed by atoms with Gasteiger partial charge in [-0.2, -0.15) is 5.10 Å². The molecule has 8 heteroatoms. The SMILES string of the molecule is CC(=O)c1ccc(-c2ccnc3[nH]c(-c4n[nH]c5ccc(-c6cncc(OCc7ccccc7)c6)cc45)cc23)s1. The van der Waals surface area contributed by atoms with Gasteiger partial charge in [-0.05, 0) is 60.5 Å². The van der Waals surface area contributed by atoms with Crippen LogP contribution in [0, 0.1) is 0 Å². The lowest BCUT2D eigenvalue weighted by atomic mass is 10.0. The Morgan fingerprint density at radius 1 is 0.925 bits per heavy atom. The molecule has 7 rings (SSSR count). The Morgan fingerprint density at radius 2 is 1.82 bits per heavy atom. The van der Waals surface area contributed by atoms with Crippen molar-refractivity contribution in [1.82, 2.24) is 25.1 Å². The van der Waals surface area contributed by atoms with Crippen molar-refractivity contribution in [3.05, 3.63) is 108 Å². The zero-order chi connectivity index (χ0) is 27.1. The Morgan fingerprint density at radius 3 is 2.67 bits per heavy atom. The molecule has 0 atom stereocenters.